The smallest absolute Gasteiger partial charge is 0.242 e. The summed E-state index contributed by atoms with van der Waals surface area (Å²) in [6.45, 7) is 1.05. The van der Waals surface area contributed by atoms with Crippen molar-refractivity contribution < 1.29 is 14.0 Å². The van der Waals surface area contributed by atoms with Gasteiger partial charge < -0.3 is 15.5 Å². The molecular formula is C24H28FN5O2. The maximum Gasteiger partial charge on any atom is 0.242 e. The molecule has 168 valence electrons. The summed E-state index contributed by atoms with van der Waals surface area (Å²) in [6.07, 6.45) is 4.66. The Morgan fingerprint density at radius 2 is 1.97 bits per heavy atom. The van der Waals surface area contributed by atoms with Gasteiger partial charge in [-0.05, 0) is 61.6 Å². The van der Waals surface area contributed by atoms with Crippen molar-refractivity contribution in [1.29, 1.82) is 5.26 Å². The molecule has 0 aromatic heterocycles. The molecule has 8 heteroatoms. The van der Waals surface area contributed by atoms with Crippen LogP contribution in [-0.2, 0) is 9.59 Å². The zero-order valence-electron chi connectivity index (χ0n) is 17.9. The molecule has 6 rings (SSSR count). The molecular weight excluding hydrogens is 409 g/mol. The third kappa shape index (κ3) is 3.13. The van der Waals surface area contributed by atoms with Gasteiger partial charge >= 0.3 is 0 Å². The predicted octanol–water partition coefficient (Wildman–Crippen LogP) is 1.40. The summed E-state index contributed by atoms with van der Waals surface area (Å²) in [7, 11) is 0. The first kappa shape index (κ1) is 20.1. The number of nitriles is 1. The Bertz CT molecular complexity index is 989. The summed E-state index contributed by atoms with van der Waals surface area (Å²) in [5, 5.41) is 9.38. The summed E-state index contributed by atoms with van der Waals surface area (Å²) < 4.78 is 13.4. The largest absolute Gasteiger partial charge is 0.330 e. The molecule has 0 spiro atoms. The molecule has 3 heterocycles. The van der Waals surface area contributed by atoms with Gasteiger partial charge in [0.05, 0.1) is 24.2 Å². The topological polar surface area (TPSA) is 93.7 Å². The van der Waals surface area contributed by atoms with E-state index in [1.54, 1.807) is 17.0 Å². The first-order chi connectivity index (χ1) is 15.5. The summed E-state index contributed by atoms with van der Waals surface area (Å²) >= 11 is 0. The molecule has 7 atom stereocenters. The zero-order chi connectivity index (χ0) is 22.1. The number of nitrogens with zero attached hydrogens (tertiary/aromatic N) is 4. The number of piperazine rings is 1. The van der Waals surface area contributed by atoms with Gasteiger partial charge in [0.1, 0.15) is 11.9 Å². The first-order valence-corrected chi connectivity index (χ1v) is 11.8. The fourth-order valence-electron chi connectivity index (χ4n) is 6.40. The minimum atomic E-state index is -0.720. The standard InChI is InChI=1S/C24H28FN5O2/c25-16-5-3-14(4-6-16)22(13-1-2-13)30-18-9-21(24(30)32)28(11-18)12-19(27)23(31)29-17(10-26)7-15-8-20(15)29/h3-6,13,15,17-22H,1-2,7-9,11-12,27H2/t15?,17-,18-,19-,20-,21-,22-/m0/s1. The second-order valence-electron chi connectivity index (χ2n) is 10.2. The van der Waals surface area contributed by atoms with Crippen molar-refractivity contribution >= 4 is 11.8 Å². The van der Waals surface area contributed by atoms with E-state index in [1.807, 2.05) is 4.90 Å². The molecule has 3 aliphatic heterocycles. The van der Waals surface area contributed by atoms with Crippen molar-refractivity contribution in [3.63, 3.8) is 0 Å². The number of hydrogen-bond donors (Lipinski definition) is 1. The first-order valence-electron chi connectivity index (χ1n) is 11.8. The van der Waals surface area contributed by atoms with Crippen LogP contribution < -0.4 is 5.73 Å². The van der Waals surface area contributed by atoms with Crippen molar-refractivity contribution in [1.82, 2.24) is 14.7 Å². The van der Waals surface area contributed by atoms with Gasteiger partial charge in [-0.15, -0.1) is 0 Å². The summed E-state index contributed by atoms with van der Waals surface area (Å²) in [5.74, 6) is 0.568. The van der Waals surface area contributed by atoms with Crippen molar-refractivity contribution in [2.75, 3.05) is 13.1 Å². The van der Waals surface area contributed by atoms with Crippen LogP contribution in [0.4, 0.5) is 4.39 Å². The van der Waals surface area contributed by atoms with E-state index in [0.717, 1.165) is 37.7 Å². The third-order valence-electron chi connectivity index (χ3n) is 8.15. The molecule has 0 radical (unpaired) electrons. The lowest BCUT2D eigenvalue weighted by molar-refractivity contribution is -0.142. The number of halogens is 1. The lowest BCUT2D eigenvalue weighted by atomic mass is 9.99. The van der Waals surface area contributed by atoms with E-state index in [4.69, 9.17) is 5.73 Å². The quantitative estimate of drug-likeness (QED) is 0.726. The minimum absolute atomic E-state index is 0.00309. The lowest BCUT2D eigenvalue weighted by Crippen LogP contribution is -2.57. The van der Waals surface area contributed by atoms with Crippen LogP contribution in [0.3, 0.4) is 0 Å². The van der Waals surface area contributed by atoms with E-state index >= 15 is 0 Å². The van der Waals surface area contributed by atoms with Crippen molar-refractivity contribution in [3.05, 3.63) is 35.6 Å². The van der Waals surface area contributed by atoms with Crippen LogP contribution in [0.15, 0.2) is 24.3 Å². The van der Waals surface area contributed by atoms with Crippen LogP contribution in [0.1, 0.15) is 43.7 Å². The number of benzene rings is 1. The second-order valence-corrected chi connectivity index (χ2v) is 10.2. The van der Waals surface area contributed by atoms with Gasteiger partial charge in [0, 0.05) is 25.2 Å². The molecule has 2 N–H and O–H groups in total. The van der Waals surface area contributed by atoms with Crippen molar-refractivity contribution in [2.45, 2.75) is 68.4 Å². The number of carbonyl (C=O) groups excluding carboxylic acids is 2. The number of likely N-dealkylation sites (tertiary alicyclic amines) is 3. The normalized spacial score (nSPS) is 35.0. The molecule has 32 heavy (non-hydrogen) atoms. The highest BCUT2D eigenvalue weighted by Gasteiger charge is 2.57. The van der Waals surface area contributed by atoms with E-state index < -0.39 is 6.04 Å². The molecule has 2 bridgehead atoms. The average molecular weight is 438 g/mol. The fraction of sp³-hybridized carbons (Fsp3) is 0.625. The summed E-state index contributed by atoms with van der Waals surface area (Å²) in [6, 6.07) is 7.73. The van der Waals surface area contributed by atoms with Crippen LogP contribution >= 0.6 is 0 Å². The maximum absolute atomic E-state index is 13.4. The molecule has 1 aromatic rings. The van der Waals surface area contributed by atoms with Crippen LogP contribution in [0, 0.1) is 29.0 Å². The fourth-order valence-corrected chi connectivity index (χ4v) is 6.40. The van der Waals surface area contributed by atoms with Crippen molar-refractivity contribution in [3.8, 4) is 6.07 Å². The highest BCUT2D eigenvalue weighted by Crippen LogP contribution is 2.50. The molecule has 5 fully saturated rings. The Morgan fingerprint density at radius 3 is 2.62 bits per heavy atom. The maximum atomic E-state index is 13.4. The molecule has 1 unspecified atom stereocenters. The third-order valence-corrected chi connectivity index (χ3v) is 8.15. The van der Waals surface area contributed by atoms with E-state index in [9.17, 15) is 19.2 Å². The summed E-state index contributed by atoms with van der Waals surface area (Å²) in [5.41, 5.74) is 7.31. The number of carbonyl (C=O) groups is 2. The Morgan fingerprint density at radius 1 is 1.22 bits per heavy atom. The average Bonchev–Trinajstić information content (AvgIpc) is 3.67. The molecule has 7 nitrogen and oxygen atoms in total. The molecule has 2 aliphatic carbocycles. The number of nitrogens with two attached hydrogens (primary N) is 1. The predicted molar refractivity (Wildman–Crippen MR) is 113 cm³/mol. The highest BCUT2D eigenvalue weighted by atomic mass is 19.1. The molecule has 2 amide bonds. The van der Waals surface area contributed by atoms with Gasteiger partial charge in [-0.25, -0.2) is 4.39 Å². The SMILES string of the molecule is N#C[C@@H]1CC2C[C@@H]2N1C(=O)[C@@H](N)CN1C[C@@H]2C[C@H]1C(=O)N2[C@H](c1ccc(F)cc1)C1CC1. The van der Waals surface area contributed by atoms with Crippen molar-refractivity contribution in [2.24, 2.45) is 17.6 Å². The van der Waals surface area contributed by atoms with Crippen LogP contribution in [0.5, 0.6) is 0 Å². The Labute approximate surface area is 186 Å². The Hall–Kier alpha value is -2.50. The monoisotopic (exact) mass is 437 g/mol. The number of hydrogen-bond acceptors (Lipinski definition) is 5. The van der Waals surface area contributed by atoms with E-state index in [0.29, 0.717) is 24.9 Å². The van der Waals surface area contributed by atoms with Crippen LogP contribution in [-0.4, -0.2) is 69.8 Å². The van der Waals surface area contributed by atoms with Gasteiger partial charge in [0.2, 0.25) is 11.8 Å². The second kappa shape index (κ2) is 7.26. The minimum Gasteiger partial charge on any atom is -0.330 e. The van der Waals surface area contributed by atoms with E-state index in [2.05, 4.69) is 11.0 Å². The molecule has 5 aliphatic rings. The van der Waals surface area contributed by atoms with Gasteiger partial charge in [0.15, 0.2) is 0 Å². The highest BCUT2D eigenvalue weighted by molar-refractivity contribution is 5.87. The number of rotatable bonds is 6. The van der Waals surface area contributed by atoms with Crippen LogP contribution in [0.2, 0.25) is 0 Å². The van der Waals surface area contributed by atoms with Gasteiger partial charge in [0.25, 0.3) is 0 Å². The van der Waals surface area contributed by atoms with Gasteiger partial charge in [-0.1, -0.05) is 12.1 Å². The molecule has 2 saturated carbocycles. The van der Waals surface area contributed by atoms with Crippen LogP contribution in [0.25, 0.3) is 0 Å². The number of amides is 2. The van der Waals surface area contributed by atoms with Gasteiger partial charge in [-0.3, -0.25) is 14.5 Å². The van der Waals surface area contributed by atoms with Gasteiger partial charge in [-0.2, -0.15) is 5.26 Å². The molecule has 1 aromatic carbocycles. The lowest BCUT2D eigenvalue weighted by Gasteiger charge is -2.40. The summed E-state index contributed by atoms with van der Waals surface area (Å²) in [4.78, 5) is 32.2. The molecule has 3 saturated heterocycles. The van der Waals surface area contributed by atoms with E-state index in [-0.39, 0.29) is 47.8 Å². The Kier molecular flexibility index (Phi) is 4.57. The Balaban J connectivity index is 1.14. The number of fused-ring (bicyclic) bond motifs is 3. The van der Waals surface area contributed by atoms with E-state index in [1.165, 1.54) is 12.1 Å². The zero-order valence-corrected chi connectivity index (χ0v) is 17.9. The number of piperidine rings is 1.